The molecule has 4 rings (SSSR count). The van der Waals surface area contributed by atoms with Crippen molar-refractivity contribution in [2.75, 3.05) is 13.2 Å². The van der Waals surface area contributed by atoms with Crippen molar-refractivity contribution in [1.29, 1.82) is 0 Å². The third kappa shape index (κ3) is 6.49. The third-order valence-electron chi connectivity index (χ3n) is 5.91. The quantitative estimate of drug-likeness (QED) is 0.187. The Bertz CT molecular complexity index is 1340. The zero-order valence-electron chi connectivity index (χ0n) is 21.3. The number of amides is 2. The van der Waals surface area contributed by atoms with Gasteiger partial charge in [0.25, 0.3) is 11.1 Å². The van der Waals surface area contributed by atoms with E-state index in [1.54, 1.807) is 42.5 Å². The van der Waals surface area contributed by atoms with Crippen molar-refractivity contribution < 1.29 is 23.9 Å². The molecular formula is C30H29NO5S. The van der Waals surface area contributed by atoms with Crippen molar-refractivity contribution in [3.05, 3.63) is 99.5 Å². The standard InChI is InChI=1S/C30H29NO5S/c1-19(2)25-14-7-21(4)17-26(25)35-16-15-31-28(32)27(37-30(31)34)18-22-8-12-24(13-9-22)36-29(33)23-10-5-20(3)6-11-23/h5-14,17-19H,15-16H2,1-4H3/b27-18-. The average molecular weight is 516 g/mol. The van der Waals surface area contributed by atoms with Gasteiger partial charge in [0, 0.05) is 0 Å². The number of aryl methyl sites for hydroxylation is 2. The van der Waals surface area contributed by atoms with Gasteiger partial charge in [-0.05, 0) is 84.6 Å². The molecule has 190 valence electrons. The van der Waals surface area contributed by atoms with Gasteiger partial charge in [0.15, 0.2) is 0 Å². The molecule has 1 fully saturated rings. The number of nitrogens with zero attached hydrogens (tertiary/aromatic N) is 1. The summed E-state index contributed by atoms with van der Waals surface area (Å²) >= 11 is 0.904. The maximum Gasteiger partial charge on any atom is 0.343 e. The first-order chi connectivity index (χ1) is 17.7. The number of carbonyl (C=O) groups is 3. The van der Waals surface area contributed by atoms with E-state index >= 15 is 0 Å². The van der Waals surface area contributed by atoms with Crippen LogP contribution in [0.1, 0.15) is 52.4 Å². The highest BCUT2D eigenvalue weighted by molar-refractivity contribution is 8.18. The minimum atomic E-state index is -0.442. The minimum absolute atomic E-state index is 0.168. The molecule has 0 radical (unpaired) electrons. The number of hydrogen-bond acceptors (Lipinski definition) is 6. The number of rotatable bonds is 8. The summed E-state index contributed by atoms with van der Waals surface area (Å²) in [4.78, 5) is 39.2. The summed E-state index contributed by atoms with van der Waals surface area (Å²) in [7, 11) is 0. The number of thioether (sulfide) groups is 1. The fourth-order valence-corrected chi connectivity index (χ4v) is 4.69. The van der Waals surface area contributed by atoms with Crippen LogP contribution >= 0.6 is 11.8 Å². The fourth-order valence-electron chi connectivity index (χ4n) is 3.82. The Morgan fingerprint density at radius 2 is 1.62 bits per heavy atom. The van der Waals surface area contributed by atoms with Crippen molar-refractivity contribution in [3.63, 3.8) is 0 Å². The summed E-state index contributed by atoms with van der Waals surface area (Å²) in [5, 5.41) is -0.322. The Labute approximate surface area is 221 Å². The van der Waals surface area contributed by atoms with Gasteiger partial charge in [0.05, 0.1) is 17.0 Å². The van der Waals surface area contributed by atoms with E-state index in [1.807, 2.05) is 44.2 Å². The SMILES string of the molecule is Cc1ccc(C(=O)Oc2ccc(/C=C3\SC(=O)N(CCOc4cc(C)ccc4C(C)C)C3=O)cc2)cc1. The second-order valence-corrected chi connectivity index (χ2v) is 10.2. The van der Waals surface area contributed by atoms with Crippen molar-refractivity contribution in [2.45, 2.75) is 33.6 Å². The van der Waals surface area contributed by atoms with Crippen LogP contribution in [-0.4, -0.2) is 35.2 Å². The van der Waals surface area contributed by atoms with Crippen molar-refractivity contribution in [1.82, 2.24) is 4.90 Å². The summed E-state index contributed by atoms with van der Waals surface area (Å²) in [5.74, 6) is 0.683. The third-order valence-corrected chi connectivity index (χ3v) is 6.82. The van der Waals surface area contributed by atoms with E-state index in [9.17, 15) is 14.4 Å². The Balaban J connectivity index is 1.36. The normalized spacial score (nSPS) is 14.5. The van der Waals surface area contributed by atoms with Gasteiger partial charge >= 0.3 is 5.97 Å². The van der Waals surface area contributed by atoms with Gasteiger partial charge in [-0.2, -0.15) is 0 Å². The Kier molecular flexibility index (Phi) is 8.14. The molecule has 3 aromatic rings. The molecule has 0 aromatic heterocycles. The predicted molar refractivity (Wildman–Crippen MR) is 146 cm³/mol. The highest BCUT2D eigenvalue weighted by atomic mass is 32.2. The molecule has 1 aliphatic heterocycles. The Hall–Kier alpha value is -3.84. The summed E-state index contributed by atoms with van der Waals surface area (Å²) in [6.45, 7) is 8.53. The molecule has 1 saturated heterocycles. The zero-order valence-corrected chi connectivity index (χ0v) is 22.1. The number of benzene rings is 3. The summed E-state index contributed by atoms with van der Waals surface area (Å²) in [5.41, 5.74) is 4.43. The lowest BCUT2D eigenvalue weighted by atomic mass is 10.0. The maximum absolute atomic E-state index is 12.9. The monoisotopic (exact) mass is 515 g/mol. The summed E-state index contributed by atoms with van der Waals surface area (Å²) in [6, 6.07) is 20.0. The van der Waals surface area contributed by atoms with E-state index < -0.39 is 5.97 Å². The zero-order chi connectivity index (χ0) is 26.5. The van der Waals surface area contributed by atoms with Gasteiger partial charge in [0.2, 0.25) is 0 Å². The number of hydrogen-bond donors (Lipinski definition) is 0. The maximum atomic E-state index is 12.9. The van der Waals surface area contributed by atoms with Crippen LogP contribution < -0.4 is 9.47 Å². The smallest absolute Gasteiger partial charge is 0.343 e. The van der Waals surface area contributed by atoms with Crippen LogP contribution in [0.2, 0.25) is 0 Å². The molecule has 0 aliphatic carbocycles. The van der Waals surface area contributed by atoms with Crippen LogP contribution in [0.15, 0.2) is 71.6 Å². The molecule has 0 atom stereocenters. The van der Waals surface area contributed by atoms with Crippen molar-refractivity contribution in [2.24, 2.45) is 0 Å². The predicted octanol–water partition coefficient (Wildman–Crippen LogP) is 6.76. The lowest BCUT2D eigenvalue weighted by molar-refractivity contribution is -0.123. The van der Waals surface area contributed by atoms with Gasteiger partial charge in [-0.25, -0.2) is 4.79 Å². The van der Waals surface area contributed by atoms with Crippen molar-refractivity contribution >= 4 is 35.0 Å². The van der Waals surface area contributed by atoms with Gasteiger partial charge in [-0.15, -0.1) is 0 Å². The molecule has 6 nitrogen and oxygen atoms in total. The first-order valence-corrected chi connectivity index (χ1v) is 12.9. The number of carbonyl (C=O) groups excluding carboxylic acids is 3. The van der Waals surface area contributed by atoms with Crippen LogP contribution in [-0.2, 0) is 4.79 Å². The van der Waals surface area contributed by atoms with E-state index in [2.05, 4.69) is 13.8 Å². The minimum Gasteiger partial charge on any atom is -0.491 e. The second kappa shape index (κ2) is 11.5. The van der Waals surface area contributed by atoms with E-state index in [0.29, 0.717) is 22.1 Å². The van der Waals surface area contributed by atoms with E-state index in [-0.39, 0.29) is 24.3 Å². The molecule has 0 N–H and O–H groups in total. The van der Waals surface area contributed by atoms with Crippen LogP contribution in [0.4, 0.5) is 4.79 Å². The first-order valence-electron chi connectivity index (χ1n) is 12.1. The first kappa shape index (κ1) is 26.2. The molecule has 0 bridgehead atoms. The number of ether oxygens (including phenoxy) is 2. The van der Waals surface area contributed by atoms with Crippen LogP contribution in [0.3, 0.4) is 0 Å². The molecule has 1 heterocycles. The molecule has 0 spiro atoms. The van der Waals surface area contributed by atoms with Gasteiger partial charge < -0.3 is 9.47 Å². The Morgan fingerprint density at radius 3 is 2.30 bits per heavy atom. The van der Waals surface area contributed by atoms with E-state index in [1.165, 1.54) is 4.90 Å². The second-order valence-electron chi connectivity index (χ2n) is 9.20. The molecule has 0 unspecified atom stereocenters. The molecule has 37 heavy (non-hydrogen) atoms. The fraction of sp³-hybridized carbons (Fsp3) is 0.233. The average Bonchev–Trinajstić information content (AvgIpc) is 3.12. The number of esters is 1. The molecule has 3 aromatic carbocycles. The summed E-state index contributed by atoms with van der Waals surface area (Å²) < 4.78 is 11.4. The highest BCUT2D eigenvalue weighted by Gasteiger charge is 2.34. The molecular weight excluding hydrogens is 486 g/mol. The van der Waals surface area contributed by atoms with Gasteiger partial charge in [-0.3, -0.25) is 14.5 Å². The largest absolute Gasteiger partial charge is 0.491 e. The van der Waals surface area contributed by atoms with Gasteiger partial charge in [0.1, 0.15) is 18.1 Å². The van der Waals surface area contributed by atoms with Crippen LogP contribution in [0, 0.1) is 13.8 Å². The highest BCUT2D eigenvalue weighted by Crippen LogP contribution is 2.33. The van der Waals surface area contributed by atoms with Crippen LogP contribution in [0.5, 0.6) is 11.5 Å². The molecule has 2 amide bonds. The van der Waals surface area contributed by atoms with Crippen molar-refractivity contribution in [3.8, 4) is 11.5 Å². The summed E-state index contributed by atoms with van der Waals surface area (Å²) in [6.07, 6.45) is 1.66. The number of imide groups is 1. The lowest BCUT2D eigenvalue weighted by Gasteiger charge is -2.17. The van der Waals surface area contributed by atoms with E-state index in [4.69, 9.17) is 9.47 Å². The Morgan fingerprint density at radius 1 is 0.946 bits per heavy atom. The van der Waals surface area contributed by atoms with Gasteiger partial charge in [-0.1, -0.05) is 55.8 Å². The molecule has 7 heteroatoms. The van der Waals surface area contributed by atoms with E-state index in [0.717, 1.165) is 39.8 Å². The van der Waals surface area contributed by atoms with Crippen LogP contribution in [0.25, 0.3) is 6.08 Å². The molecule has 1 aliphatic rings. The molecule has 0 saturated carbocycles. The topological polar surface area (TPSA) is 72.9 Å². The lowest BCUT2D eigenvalue weighted by Crippen LogP contribution is -2.32.